The molecule has 0 spiro atoms. The molecule has 4 nitrogen and oxygen atoms in total. The van der Waals surface area contributed by atoms with Gasteiger partial charge >= 0.3 is 0 Å². The largest absolute Gasteiger partial charge is 0.496 e. The van der Waals surface area contributed by atoms with Crippen LogP contribution in [0.4, 0.5) is 0 Å². The Morgan fingerprint density at radius 3 is 2.79 bits per heavy atom. The van der Waals surface area contributed by atoms with Crippen molar-refractivity contribution in [2.75, 3.05) is 20.3 Å². The molecule has 0 amide bonds. The number of aromatic nitrogens is 1. The molecule has 1 rings (SSSR count). The van der Waals surface area contributed by atoms with Gasteiger partial charge in [0.25, 0.3) is 0 Å². The molecule has 0 fully saturated rings. The zero-order valence-corrected chi connectivity index (χ0v) is 12.5. The second-order valence-electron chi connectivity index (χ2n) is 5.15. The van der Waals surface area contributed by atoms with Crippen LogP contribution in [0.15, 0.2) is 6.20 Å². The molecule has 0 radical (unpaired) electrons. The van der Waals surface area contributed by atoms with E-state index in [2.05, 4.69) is 17.2 Å². The molecule has 4 heteroatoms. The molecule has 0 aliphatic heterocycles. The summed E-state index contributed by atoms with van der Waals surface area (Å²) in [5.74, 6) is 1.32. The molecule has 2 N–H and O–H groups in total. The van der Waals surface area contributed by atoms with Gasteiger partial charge in [0.1, 0.15) is 5.75 Å². The van der Waals surface area contributed by atoms with E-state index in [4.69, 9.17) is 9.84 Å². The molecule has 108 valence electrons. The highest BCUT2D eigenvalue weighted by Gasteiger charge is 2.08. The number of nitrogens with zero attached hydrogens (tertiary/aromatic N) is 1. The fourth-order valence-electron chi connectivity index (χ4n) is 2.12. The predicted molar refractivity (Wildman–Crippen MR) is 77.5 cm³/mol. The van der Waals surface area contributed by atoms with Crippen LogP contribution in [-0.4, -0.2) is 30.4 Å². The van der Waals surface area contributed by atoms with Gasteiger partial charge in [-0.2, -0.15) is 0 Å². The van der Waals surface area contributed by atoms with Gasteiger partial charge in [0.2, 0.25) is 0 Å². The number of rotatable bonds is 8. The molecule has 19 heavy (non-hydrogen) atoms. The van der Waals surface area contributed by atoms with Gasteiger partial charge in [-0.15, -0.1) is 0 Å². The maximum absolute atomic E-state index is 8.95. The number of pyridine rings is 1. The van der Waals surface area contributed by atoms with E-state index in [1.807, 2.05) is 20.0 Å². The first-order chi connectivity index (χ1) is 9.10. The van der Waals surface area contributed by atoms with Gasteiger partial charge < -0.3 is 15.2 Å². The van der Waals surface area contributed by atoms with E-state index in [-0.39, 0.29) is 6.61 Å². The lowest BCUT2D eigenvalue weighted by Gasteiger charge is -2.13. The van der Waals surface area contributed by atoms with Gasteiger partial charge in [-0.05, 0) is 39.2 Å². The molecular formula is C15H26N2O2. The maximum Gasteiger partial charge on any atom is 0.128 e. The summed E-state index contributed by atoms with van der Waals surface area (Å²) in [5.41, 5.74) is 3.22. The van der Waals surface area contributed by atoms with Gasteiger partial charge in [0.15, 0.2) is 0 Å². The van der Waals surface area contributed by atoms with Gasteiger partial charge in [-0.3, -0.25) is 4.98 Å². The summed E-state index contributed by atoms with van der Waals surface area (Å²) in [5, 5.41) is 12.3. The van der Waals surface area contributed by atoms with E-state index in [0.29, 0.717) is 5.92 Å². The summed E-state index contributed by atoms with van der Waals surface area (Å²) in [6.45, 7) is 8.10. The Morgan fingerprint density at radius 1 is 1.42 bits per heavy atom. The fraction of sp³-hybridized carbons (Fsp3) is 0.667. The second-order valence-corrected chi connectivity index (χ2v) is 5.15. The van der Waals surface area contributed by atoms with Crippen LogP contribution in [0.1, 0.15) is 36.6 Å². The summed E-state index contributed by atoms with van der Waals surface area (Å²) in [7, 11) is 1.70. The highest BCUT2D eigenvalue weighted by atomic mass is 16.5. The first kappa shape index (κ1) is 15.9. The average Bonchev–Trinajstić information content (AvgIpc) is 2.41. The number of hydrogen-bond acceptors (Lipinski definition) is 4. The first-order valence-electron chi connectivity index (χ1n) is 6.90. The van der Waals surface area contributed by atoms with Crippen LogP contribution in [0.2, 0.25) is 0 Å². The van der Waals surface area contributed by atoms with Gasteiger partial charge in [-0.25, -0.2) is 0 Å². The molecule has 0 saturated carbocycles. The predicted octanol–water partition coefficient (Wildman–Crippen LogP) is 2.21. The minimum Gasteiger partial charge on any atom is -0.496 e. The number of aliphatic hydroxyl groups excluding tert-OH is 1. The van der Waals surface area contributed by atoms with E-state index in [0.717, 1.165) is 48.5 Å². The quantitative estimate of drug-likeness (QED) is 0.708. The highest BCUT2D eigenvalue weighted by molar-refractivity contribution is 5.40. The van der Waals surface area contributed by atoms with Crippen LogP contribution >= 0.6 is 0 Å². The Labute approximate surface area is 116 Å². The molecule has 0 aliphatic carbocycles. The summed E-state index contributed by atoms with van der Waals surface area (Å²) >= 11 is 0. The minimum atomic E-state index is 0.274. The molecule has 0 saturated heterocycles. The van der Waals surface area contributed by atoms with Crippen molar-refractivity contribution in [1.82, 2.24) is 10.3 Å². The van der Waals surface area contributed by atoms with Crippen molar-refractivity contribution in [3.63, 3.8) is 0 Å². The van der Waals surface area contributed by atoms with Crippen molar-refractivity contribution >= 4 is 0 Å². The number of nitrogens with one attached hydrogen (secondary N) is 1. The summed E-state index contributed by atoms with van der Waals surface area (Å²) in [4.78, 5) is 4.45. The van der Waals surface area contributed by atoms with Crippen molar-refractivity contribution in [1.29, 1.82) is 0 Å². The van der Waals surface area contributed by atoms with Crippen molar-refractivity contribution < 1.29 is 9.84 Å². The topological polar surface area (TPSA) is 54.4 Å². The second kappa shape index (κ2) is 8.12. The van der Waals surface area contributed by atoms with E-state index >= 15 is 0 Å². The van der Waals surface area contributed by atoms with Crippen LogP contribution in [-0.2, 0) is 6.54 Å². The zero-order chi connectivity index (χ0) is 14.3. The molecule has 1 unspecified atom stereocenters. The maximum atomic E-state index is 8.95. The molecule has 1 aromatic heterocycles. The molecule has 1 aromatic rings. The van der Waals surface area contributed by atoms with Crippen molar-refractivity contribution in [3.05, 3.63) is 23.0 Å². The molecule has 0 bridgehead atoms. The van der Waals surface area contributed by atoms with Gasteiger partial charge in [0.05, 0.1) is 12.8 Å². The normalized spacial score (nSPS) is 12.5. The van der Waals surface area contributed by atoms with Crippen molar-refractivity contribution in [2.45, 2.75) is 40.2 Å². The lowest BCUT2D eigenvalue weighted by atomic mass is 10.1. The van der Waals surface area contributed by atoms with E-state index in [1.165, 1.54) is 0 Å². The Hall–Kier alpha value is -1.13. The Kier molecular flexibility index (Phi) is 6.81. The molecule has 0 aromatic carbocycles. The molecular weight excluding hydrogens is 240 g/mol. The van der Waals surface area contributed by atoms with Crippen LogP contribution in [0.25, 0.3) is 0 Å². The summed E-state index contributed by atoms with van der Waals surface area (Å²) in [6.07, 6.45) is 3.98. The third kappa shape index (κ3) is 4.80. The number of aliphatic hydroxyl groups is 1. The molecule has 1 atom stereocenters. The standard InChI is InChI=1S/C15H26N2O2/c1-11(10-18)6-5-7-16-9-14-13(3)15(19-4)12(2)8-17-14/h8,11,16,18H,5-7,9-10H2,1-4H3. The summed E-state index contributed by atoms with van der Waals surface area (Å²) < 4.78 is 5.39. The summed E-state index contributed by atoms with van der Waals surface area (Å²) in [6, 6.07) is 0. The zero-order valence-electron chi connectivity index (χ0n) is 12.5. The van der Waals surface area contributed by atoms with Crippen LogP contribution in [0, 0.1) is 19.8 Å². The Morgan fingerprint density at radius 2 is 2.16 bits per heavy atom. The fourth-order valence-corrected chi connectivity index (χ4v) is 2.12. The number of aryl methyl sites for hydroxylation is 1. The number of ether oxygens (including phenoxy) is 1. The van der Waals surface area contributed by atoms with E-state index in [1.54, 1.807) is 7.11 Å². The third-order valence-electron chi connectivity index (χ3n) is 3.40. The highest BCUT2D eigenvalue weighted by Crippen LogP contribution is 2.23. The Balaban J connectivity index is 2.42. The molecule has 1 heterocycles. The van der Waals surface area contributed by atoms with Crippen molar-refractivity contribution in [3.8, 4) is 5.75 Å². The smallest absolute Gasteiger partial charge is 0.128 e. The van der Waals surface area contributed by atoms with Gasteiger partial charge in [-0.1, -0.05) is 6.92 Å². The van der Waals surface area contributed by atoms with E-state index < -0.39 is 0 Å². The third-order valence-corrected chi connectivity index (χ3v) is 3.40. The first-order valence-corrected chi connectivity index (χ1v) is 6.90. The lowest BCUT2D eigenvalue weighted by Crippen LogP contribution is -2.18. The molecule has 0 aliphatic rings. The van der Waals surface area contributed by atoms with Crippen molar-refractivity contribution in [2.24, 2.45) is 5.92 Å². The van der Waals surface area contributed by atoms with Crippen LogP contribution in [0.5, 0.6) is 5.75 Å². The van der Waals surface area contributed by atoms with Crippen LogP contribution < -0.4 is 10.1 Å². The average molecular weight is 266 g/mol. The minimum absolute atomic E-state index is 0.274. The number of methoxy groups -OCH3 is 1. The van der Waals surface area contributed by atoms with Gasteiger partial charge in [0, 0.05) is 30.5 Å². The lowest BCUT2D eigenvalue weighted by molar-refractivity contribution is 0.228. The number of hydrogen-bond donors (Lipinski definition) is 2. The monoisotopic (exact) mass is 266 g/mol. The Bertz CT molecular complexity index is 394. The van der Waals surface area contributed by atoms with Crippen LogP contribution in [0.3, 0.4) is 0 Å². The SMILES string of the molecule is COc1c(C)cnc(CNCCCC(C)CO)c1C. The van der Waals surface area contributed by atoms with E-state index in [9.17, 15) is 0 Å².